The van der Waals surface area contributed by atoms with E-state index < -0.39 is 0 Å². The predicted octanol–water partition coefficient (Wildman–Crippen LogP) is 2.94. The van der Waals surface area contributed by atoms with Crippen molar-refractivity contribution in [3.63, 3.8) is 0 Å². The Labute approximate surface area is 128 Å². The van der Waals surface area contributed by atoms with Crippen molar-refractivity contribution in [1.82, 2.24) is 15.1 Å². The summed E-state index contributed by atoms with van der Waals surface area (Å²) in [4.78, 5) is 0. The molecule has 0 aliphatic heterocycles. The van der Waals surface area contributed by atoms with Crippen molar-refractivity contribution >= 4 is 0 Å². The Morgan fingerprint density at radius 2 is 2.10 bits per heavy atom. The van der Waals surface area contributed by atoms with Crippen molar-refractivity contribution in [1.29, 1.82) is 0 Å². The molecule has 1 aliphatic carbocycles. The number of hydrogen-bond donors (Lipinski definition) is 1. The average Bonchev–Trinajstić information content (AvgIpc) is 3.21. The first-order valence-electron chi connectivity index (χ1n) is 8.01. The zero-order valence-electron chi connectivity index (χ0n) is 13.9. The first-order valence-corrected chi connectivity index (χ1v) is 8.01. The van der Waals surface area contributed by atoms with Gasteiger partial charge < -0.3 is 14.8 Å². The molecule has 2 rings (SSSR count). The van der Waals surface area contributed by atoms with Crippen LogP contribution in [-0.2, 0) is 4.74 Å². The van der Waals surface area contributed by atoms with Crippen LogP contribution in [0.3, 0.4) is 0 Å². The summed E-state index contributed by atoms with van der Waals surface area (Å²) in [6, 6.07) is 0.425. The molecule has 1 aromatic heterocycles. The fourth-order valence-electron chi connectivity index (χ4n) is 2.91. The number of ether oxygens (including phenoxy) is 2. The van der Waals surface area contributed by atoms with Gasteiger partial charge >= 0.3 is 0 Å². The van der Waals surface area contributed by atoms with Gasteiger partial charge in [-0.2, -0.15) is 5.10 Å². The molecule has 5 heteroatoms. The highest BCUT2D eigenvalue weighted by Crippen LogP contribution is 2.42. The van der Waals surface area contributed by atoms with Crippen molar-refractivity contribution < 1.29 is 9.47 Å². The van der Waals surface area contributed by atoms with E-state index in [0.717, 1.165) is 24.4 Å². The average molecular weight is 295 g/mol. The standard InChI is InChI=1S/C16H29N3O2/c1-6-9-17-14(16(21-5)12-7-8-12)15-13(20-4)10-18-19(15)11(2)3/h10-12,14,16-17H,6-9H2,1-5H3. The Morgan fingerprint density at radius 3 is 2.57 bits per heavy atom. The largest absolute Gasteiger partial charge is 0.493 e. The Hall–Kier alpha value is -1.07. The molecule has 0 radical (unpaired) electrons. The molecule has 1 N–H and O–H groups in total. The third-order valence-corrected chi connectivity index (χ3v) is 4.10. The van der Waals surface area contributed by atoms with Gasteiger partial charge in [-0.25, -0.2) is 0 Å². The number of nitrogens with one attached hydrogen (secondary N) is 1. The maximum absolute atomic E-state index is 5.83. The van der Waals surface area contributed by atoms with Crippen LogP contribution < -0.4 is 10.1 Å². The van der Waals surface area contributed by atoms with E-state index in [2.05, 4.69) is 35.9 Å². The Morgan fingerprint density at radius 1 is 1.38 bits per heavy atom. The van der Waals surface area contributed by atoms with Crippen LogP contribution in [0.15, 0.2) is 6.20 Å². The third kappa shape index (κ3) is 3.58. The third-order valence-electron chi connectivity index (χ3n) is 4.10. The van der Waals surface area contributed by atoms with E-state index in [-0.39, 0.29) is 12.1 Å². The minimum Gasteiger partial charge on any atom is -0.493 e. The summed E-state index contributed by atoms with van der Waals surface area (Å²) in [7, 11) is 3.52. The van der Waals surface area contributed by atoms with Crippen molar-refractivity contribution in [2.45, 2.75) is 58.2 Å². The first kappa shape index (κ1) is 16.3. The molecule has 1 heterocycles. The van der Waals surface area contributed by atoms with Crippen LogP contribution >= 0.6 is 0 Å². The van der Waals surface area contributed by atoms with Crippen LogP contribution in [0.1, 0.15) is 57.8 Å². The molecule has 120 valence electrons. The molecule has 2 unspecified atom stereocenters. The number of hydrogen-bond acceptors (Lipinski definition) is 4. The molecule has 1 aromatic rings. The lowest BCUT2D eigenvalue weighted by Gasteiger charge is -2.29. The molecule has 0 saturated heterocycles. The number of rotatable bonds is 9. The summed E-state index contributed by atoms with van der Waals surface area (Å²) in [5, 5.41) is 8.16. The summed E-state index contributed by atoms with van der Waals surface area (Å²) in [6.07, 6.45) is 5.59. The summed E-state index contributed by atoms with van der Waals surface area (Å²) < 4.78 is 13.4. The van der Waals surface area contributed by atoms with E-state index in [9.17, 15) is 0 Å². The van der Waals surface area contributed by atoms with Crippen LogP contribution in [0.25, 0.3) is 0 Å². The molecule has 2 atom stereocenters. The van der Waals surface area contributed by atoms with Gasteiger partial charge in [0.15, 0.2) is 5.75 Å². The monoisotopic (exact) mass is 295 g/mol. The van der Waals surface area contributed by atoms with Crippen molar-refractivity contribution in [3.05, 3.63) is 11.9 Å². The van der Waals surface area contributed by atoms with Crippen LogP contribution in [0, 0.1) is 5.92 Å². The predicted molar refractivity (Wildman–Crippen MR) is 83.7 cm³/mol. The van der Waals surface area contributed by atoms with Crippen molar-refractivity contribution in [3.8, 4) is 5.75 Å². The Kier molecular flexibility index (Phi) is 5.65. The van der Waals surface area contributed by atoms with Gasteiger partial charge in [0.1, 0.15) is 5.69 Å². The van der Waals surface area contributed by atoms with E-state index in [1.807, 2.05) is 13.3 Å². The first-order chi connectivity index (χ1) is 10.1. The second kappa shape index (κ2) is 7.27. The maximum atomic E-state index is 5.83. The fourth-order valence-corrected chi connectivity index (χ4v) is 2.91. The Balaban J connectivity index is 2.36. The molecule has 5 nitrogen and oxygen atoms in total. The Bertz CT molecular complexity index is 441. The lowest BCUT2D eigenvalue weighted by Crippen LogP contribution is -2.37. The normalized spacial score (nSPS) is 18.0. The highest BCUT2D eigenvalue weighted by Gasteiger charge is 2.40. The van der Waals surface area contributed by atoms with Gasteiger partial charge in [0, 0.05) is 13.2 Å². The van der Waals surface area contributed by atoms with Crippen molar-refractivity contribution in [2.24, 2.45) is 5.92 Å². The molecular weight excluding hydrogens is 266 g/mol. The molecule has 0 spiro atoms. The summed E-state index contributed by atoms with van der Waals surface area (Å²) in [5.41, 5.74) is 1.11. The zero-order chi connectivity index (χ0) is 15.4. The van der Waals surface area contributed by atoms with Crippen LogP contribution in [0.4, 0.5) is 0 Å². The second-order valence-electron chi connectivity index (χ2n) is 6.11. The number of aromatic nitrogens is 2. The molecular formula is C16H29N3O2. The molecule has 1 saturated carbocycles. The van der Waals surface area contributed by atoms with E-state index in [1.54, 1.807) is 7.11 Å². The van der Waals surface area contributed by atoms with E-state index in [0.29, 0.717) is 12.0 Å². The van der Waals surface area contributed by atoms with Gasteiger partial charge in [-0.05, 0) is 45.6 Å². The molecule has 1 aliphatic rings. The van der Waals surface area contributed by atoms with Gasteiger partial charge in [0.2, 0.25) is 0 Å². The highest BCUT2D eigenvalue weighted by molar-refractivity contribution is 5.30. The molecule has 0 amide bonds. The van der Waals surface area contributed by atoms with E-state index >= 15 is 0 Å². The smallest absolute Gasteiger partial charge is 0.161 e. The number of nitrogens with zero attached hydrogens (tertiary/aromatic N) is 2. The van der Waals surface area contributed by atoms with Crippen LogP contribution in [-0.4, -0.2) is 36.6 Å². The summed E-state index contributed by atoms with van der Waals surface area (Å²) in [5.74, 6) is 1.49. The minimum absolute atomic E-state index is 0.127. The number of methoxy groups -OCH3 is 2. The van der Waals surface area contributed by atoms with Crippen molar-refractivity contribution in [2.75, 3.05) is 20.8 Å². The van der Waals surface area contributed by atoms with Gasteiger partial charge in [0.25, 0.3) is 0 Å². The van der Waals surface area contributed by atoms with E-state index in [1.165, 1.54) is 12.8 Å². The molecule has 0 bridgehead atoms. The quantitative estimate of drug-likeness (QED) is 0.761. The zero-order valence-corrected chi connectivity index (χ0v) is 13.9. The van der Waals surface area contributed by atoms with Crippen LogP contribution in [0.2, 0.25) is 0 Å². The van der Waals surface area contributed by atoms with Gasteiger partial charge in [-0.3, -0.25) is 4.68 Å². The fraction of sp³-hybridized carbons (Fsp3) is 0.812. The topological polar surface area (TPSA) is 48.3 Å². The SMILES string of the molecule is CCCNC(c1c(OC)cnn1C(C)C)C(OC)C1CC1. The lowest BCUT2D eigenvalue weighted by molar-refractivity contribution is 0.0468. The minimum atomic E-state index is 0.127. The van der Waals surface area contributed by atoms with Gasteiger partial charge in [-0.1, -0.05) is 6.92 Å². The summed E-state index contributed by atoms with van der Waals surface area (Å²) in [6.45, 7) is 7.43. The summed E-state index contributed by atoms with van der Waals surface area (Å²) >= 11 is 0. The highest BCUT2D eigenvalue weighted by atomic mass is 16.5. The van der Waals surface area contributed by atoms with Gasteiger partial charge in [-0.15, -0.1) is 0 Å². The molecule has 1 fully saturated rings. The molecule has 0 aromatic carbocycles. The van der Waals surface area contributed by atoms with Gasteiger partial charge in [0.05, 0.1) is 25.5 Å². The maximum Gasteiger partial charge on any atom is 0.161 e. The van der Waals surface area contributed by atoms with E-state index in [4.69, 9.17) is 9.47 Å². The second-order valence-corrected chi connectivity index (χ2v) is 6.11. The van der Waals surface area contributed by atoms with Crippen LogP contribution in [0.5, 0.6) is 5.75 Å². The molecule has 21 heavy (non-hydrogen) atoms. The lowest BCUT2D eigenvalue weighted by atomic mass is 10.0.